The predicted octanol–water partition coefficient (Wildman–Crippen LogP) is 2.30. The molecule has 5 atom stereocenters. The van der Waals surface area contributed by atoms with Gasteiger partial charge in [-0.25, -0.2) is 4.79 Å². The molecule has 2 rings (SSSR count). The lowest BCUT2D eigenvalue weighted by atomic mass is 10.1. The molecule has 43 heavy (non-hydrogen) atoms. The molecule has 0 amide bonds. The second kappa shape index (κ2) is 21.3. The topological polar surface area (TPSA) is 195 Å². The Kier molecular flexibility index (Phi) is 18.8. The zero-order valence-electron chi connectivity index (χ0n) is 25.9. The van der Waals surface area contributed by atoms with Gasteiger partial charge in [-0.1, -0.05) is 64.7 Å². The molecule has 250 valence electrons. The molecule has 1 aliphatic rings. The van der Waals surface area contributed by atoms with Crippen molar-refractivity contribution >= 4 is 7.60 Å². The Hall–Kier alpha value is -1.41. The molecular formula is C29H56N5O8P. The van der Waals surface area contributed by atoms with Crippen molar-refractivity contribution in [3.8, 4) is 0 Å². The van der Waals surface area contributed by atoms with E-state index in [4.69, 9.17) is 25.3 Å². The van der Waals surface area contributed by atoms with Crippen LogP contribution in [-0.2, 0) is 18.3 Å². The van der Waals surface area contributed by atoms with Crippen LogP contribution in [0.5, 0.6) is 0 Å². The molecule has 0 aromatic carbocycles. The normalized spacial score (nSPS) is 21.9. The zero-order valence-corrected chi connectivity index (χ0v) is 26.8. The molecule has 0 spiro atoms. The maximum atomic E-state index is 13.9. The molecule has 0 saturated carbocycles. The Morgan fingerprint density at radius 1 is 0.907 bits per heavy atom. The molecule has 1 fully saturated rings. The van der Waals surface area contributed by atoms with E-state index in [1.54, 1.807) is 0 Å². The zero-order chi connectivity index (χ0) is 31.5. The fraction of sp³-hybridized carbons (Fsp3) is 0.862. The average molecular weight is 634 g/mol. The van der Waals surface area contributed by atoms with Gasteiger partial charge in [0.25, 0.3) is 5.56 Å². The van der Waals surface area contributed by atoms with Crippen LogP contribution in [0.2, 0.25) is 0 Å². The van der Waals surface area contributed by atoms with E-state index in [1.165, 1.54) is 51.1 Å². The quantitative estimate of drug-likeness (QED) is 0.0783. The van der Waals surface area contributed by atoms with Crippen LogP contribution in [0.15, 0.2) is 21.9 Å². The van der Waals surface area contributed by atoms with Crippen LogP contribution < -0.4 is 22.7 Å². The molecule has 1 aliphatic heterocycles. The van der Waals surface area contributed by atoms with E-state index in [2.05, 4.69) is 16.8 Å². The number of aromatic nitrogens is 2. The lowest BCUT2D eigenvalue weighted by molar-refractivity contribution is -0.0531. The summed E-state index contributed by atoms with van der Waals surface area (Å²) in [6.45, 7) is 5.21. The van der Waals surface area contributed by atoms with Crippen LogP contribution in [0.3, 0.4) is 0 Å². The fourth-order valence-corrected chi connectivity index (χ4v) is 6.74. The molecule has 2 heterocycles. The van der Waals surface area contributed by atoms with E-state index < -0.39 is 43.4 Å². The summed E-state index contributed by atoms with van der Waals surface area (Å²) in [6.07, 6.45) is 9.37. The highest BCUT2D eigenvalue weighted by atomic mass is 31.2. The first-order valence-electron chi connectivity index (χ1n) is 16.1. The minimum atomic E-state index is -3.61. The highest BCUT2D eigenvalue weighted by Crippen LogP contribution is 2.49. The van der Waals surface area contributed by atoms with E-state index in [-0.39, 0.29) is 19.4 Å². The van der Waals surface area contributed by atoms with Crippen molar-refractivity contribution in [2.24, 2.45) is 11.5 Å². The molecule has 1 aromatic rings. The average Bonchev–Trinajstić information content (AvgIpc) is 3.27. The van der Waals surface area contributed by atoms with Crippen molar-refractivity contribution in [1.82, 2.24) is 14.5 Å². The van der Waals surface area contributed by atoms with Crippen LogP contribution in [0.4, 0.5) is 0 Å². The van der Waals surface area contributed by atoms with Gasteiger partial charge in [-0.05, 0) is 45.4 Å². The molecule has 14 heteroatoms. The van der Waals surface area contributed by atoms with Gasteiger partial charge in [-0.15, -0.1) is 0 Å². The third kappa shape index (κ3) is 14.1. The van der Waals surface area contributed by atoms with Gasteiger partial charge in [0.15, 0.2) is 6.23 Å². The number of nitrogens with one attached hydrogen (secondary N) is 1. The summed E-state index contributed by atoms with van der Waals surface area (Å²) in [7, 11) is -3.61. The Bertz CT molecular complexity index is 1030. The predicted molar refractivity (Wildman–Crippen MR) is 167 cm³/mol. The third-order valence-corrected chi connectivity index (χ3v) is 9.60. The number of nitrogens with two attached hydrogens (primary N) is 2. The highest BCUT2D eigenvalue weighted by molar-refractivity contribution is 7.53. The number of hydrogen-bond donors (Lipinski definition) is 5. The van der Waals surface area contributed by atoms with Gasteiger partial charge in [0.1, 0.15) is 18.3 Å². The van der Waals surface area contributed by atoms with Crippen molar-refractivity contribution in [3.05, 3.63) is 33.1 Å². The van der Waals surface area contributed by atoms with Crippen molar-refractivity contribution < 1.29 is 28.6 Å². The maximum absolute atomic E-state index is 13.9. The van der Waals surface area contributed by atoms with Crippen LogP contribution in [0, 0.1) is 0 Å². The summed E-state index contributed by atoms with van der Waals surface area (Å²) >= 11 is 0. The van der Waals surface area contributed by atoms with Gasteiger partial charge in [0.2, 0.25) is 0 Å². The smallest absolute Gasteiger partial charge is 0.332 e. The number of aromatic amines is 1. The first-order valence-corrected chi connectivity index (χ1v) is 17.8. The SMILES string of the molecule is CCCCCCCCCCCCOP(=O)(CCN(CCCN)CCCN)OC[C@H]1O[C@@H](n2ccc(=O)[nH]c2=O)[C@H](O)[C@@H]1O. The summed E-state index contributed by atoms with van der Waals surface area (Å²) in [5.74, 6) is 0. The van der Waals surface area contributed by atoms with E-state index in [9.17, 15) is 24.4 Å². The molecule has 1 aromatic heterocycles. The molecule has 0 bridgehead atoms. The minimum absolute atomic E-state index is 0.133. The van der Waals surface area contributed by atoms with Crippen LogP contribution in [0.25, 0.3) is 0 Å². The number of aliphatic hydroxyl groups excluding tert-OH is 2. The van der Waals surface area contributed by atoms with E-state index >= 15 is 0 Å². The first kappa shape index (κ1) is 37.8. The third-order valence-electron chi connectivity index (χ3n) is 7.73. The number of hydrogen-bond acceptors (Lipinski definition) is 11. The van der Waals surface area contributed by atoms with Gasteiger partial charge in [0.05, 0.1) is 19.4 Å². The van der Waals surface area contributed by atoms with Crippen LogP contribution in [-0.4, -0.2) is 95.1 Å². The van der Waals surface area contributed by atoms with E-state index in [0.29, 0.717) is 19.6 Å². The molecule has 13 nitrogen and oxygen atoms in total. The van der Waals surface area contributed by atoms with Crippen molar-refractivity contribution in [3.63, 3.8) is 0 Å². The summed E-state index contributed by atoms with van der Waals surface area (Å²) in [5, 5.41) is 21.2. The van der Waals surface area contributed by atoms with Crippen LogP contribution >= 0.6 is 7.60 Å². The Morgan fingerprint density at radius 3 is 2.09 bits per heavy atom. The monoisotopic (exact) mass is 633 g/mol. The second-order valence-electron chi connectivity index (χ2n) is 11.3. The van der Waals surface area contributed by atoms with Gasteiger partial charge >= 0.3 is 13.3 Å². The molecule has 1 saturated heterocycles. The Balaban J connectivity index is 1.94. The molecule has 0 aliphatic carbocycles. The number of rotatable bonds is 25. The van der Waals surface area contributed by atoms with E-state index in [1.807, 2.05) is 0 Å². The van der Waals surface area contributed by atoms with Gasteiger partial charge < -0.3 is 40.4 Å². The lowest BCUT2D eigenvalue weighted by Crippen LogP contribution is -2.37. The number of aliphatic hydroxyl groups is 2. The van der Waals surface area contributed by atoms with Gasteiger partial charge in [-0.2, -0.15) is 0 Å². The summed E-state index contributed by atoms with van der Waals surface area (Å²) in [4.78, 5) is 27.9. The lowest BCUT2D eigenvalue weighted by Gasteiger charge is -2.26. The van der Waals surface area contributed by atoms with E-state index in [0.717, 1.165) is 55.8 Å². The number of H-pyrrole nitrogens is 1. The number of ether oxygens (including phenoxy) is 1. The van der Waals surface area contributed by atoms with Crippen molar-refractivity contribution in [1.29, 1.82) is 0 Å². The summed E-state index contributed by atoms with van der Waals surface area (Å²) in [5.41, 5.74) is 10.0. The molecular weight excluding hydrogens is 577 g/mol. The van der Waals surface area contributed by atoms with Crippen LogP contribution in [0.1, 0.15) is 90.2 Å². The number of nitrogens with zero attached hydrogens (tertiary/aromatic N) is 2. The molecule has 7 N–H and O–H groups in total. The Labute approximate surface area is 255 Å². The largest absolute Gasteiger partial charge is 0.387 e. The Morgan fingerprint density at radius 2 is 1.51 bits per heavy atom. The van der Waals surface area contributed by atoms with Crippen molar-refractivity contribution in [2.45, 2.75) is 109 Å². The van der Waals surface area contributed by atoms with Gasteiger partial charge in [0, 0.05) is 18.8 Å². The number of unbranched alkanes of at least 4 members (excludes halogenated alkanes) is 9. The molecule has 1 unspecified atom stereocenters. The van der Waals surface area contributed by atoms with Crippen molar-refractivity contribution in [2.75, 3.05) is 52.1 Å². The second-order valence-corrected chi connectivity index (χ2v) is 13.5. The van der Waals surface area contributed by atoms with Gasteiger partial charge in [-0.3, -0.25) is 18.9 Å². The first-order chi connectivity index (χ1) is 20.7. The standard InChI is InChI=1S/C29H56N5O8P/c1-2-3-4-5-6-7-8-9-10-11-21-40-43(39,22-20-33(17-12-15-30)18-13-16-31)41-23-24-26(36)27(37)28(42-24)34-19-14-25(35)32-29(34)38/h14,19,24,26-28,36-37H,2-13,15-18,20-23,30-31H2,1H3,(H,32,35,38)/t24-,26-,27-,28-,43?/m1/s1. The fourth-order valence-electron chi connectivity index (χ4n) is 5.10. The highest BCUT2D eigenvalue weighted by Gasteiger charge is 2.45. The maximum Gasteiger partial charge on any atom is 0.332 e. The molecule has 0 radical (unpaired) electrons. The summed E-state index contributed by atoms with van der Waals surface area (Å²) in [6, 6.07) is 1.12. The summed E-state index contributed by atoms with van der Waals surface area (Å²) < 4.78 is 32.3. The minimum Gasteiger partial charge on any atom is -0.387 e.